The summed E-state index contributed by atoms with van der Waals surface area (Å²) in [5.41, 5.74) is 0. The van der Waals surface area contributed by atoms with E-state index in [0.717, 1.165) is 39.5 Å². The predicted octanol–water partition coefficient (Wildman–Crippen LogP) is 12.2. The number of unbranched alkanes of at least 4 members (excludes halogenated alkanes) is 20. The molecular weight excluding hydrogens is 514 g/mol. The molecule has 0 saturated carbocycles. The molecule has 0 aromatic heterocycles. The Morgan fingerprint density at radius 2 is 0.714 bits per heavy atom. The molecule has 0 rings (SSSR count). The molecule has 250 valence electrons. The maximum absolute atomic E-state index is 6.13. The average molecular weight is 592 g/mol. The Morgan fingerprint density at radius 1 is 0.405 bits per heavy atom. The van der Waals surface area contributed by atoms with Crippen molar-refractivity contribution in [1.29, 1.82) is 0 Å². The Bertz CT molecular complexity index is 501. The van der Waals surface area contributed by atoms with E-state index in [-0.39, 0.29) is 0 Å². The van der Waals surface area contributed by atoms with Crippen molar-refractivity contribution in [3.8, 4) is 0 Å². The van der Waals surface area contributed by atoms with Crippen molar-refractivity contribution in [1.82, 2.24) is 4.90 Å². The first-order chi connectivity index (χ1) is 20.8. The number of rotatable bonds is 35. The van der Waals surface area contributed by atoms with Crippen LogP contribution in [0.5, 0.6) is 0 Å². The van der Waals surface area contributed by atoms with E-state index in [1.807, 2.05) is 0 Å². The molecule has 0 fully saturated rings. The minimum Gasteiger partial charge on any atom is -0.380 e. The quantitative estimate of drug-likeness (QED) is 0.0540. The van der Waals surface area contributed by atoms with Crippen molar-refractivity contribution in [2.45, 2.75) is 188 Å². The highest BCUT2D eigenvalue weighted by molar-refractivity contribution is 4.82. The lowest BCUT2D eigenvalue weighted by molar-refractivity contribution is 0.00634. The first-order valence-electron chi connectivity index (χ1n) is 19.0. The molecule has 0 N–H and O–H groups in total. The third-order valence-corrected chi connectivity index (χ3v) is 8.55. The Kier molecular flexibility index (Phi) is 36.0. The van der Waals surface area contributed by atoms with E-state index in [9.17, 15) is 0 Å². The summed E-state index contributed by atoms with van der Waals surface area (Å²) in [6.07, 6.45) is 41.6. The van der Waals surface area contributed by atoms with Crippen LogP contribution in [-0.2, 0) is 9.47 Å². The van der Waals surface area contributed by atoms with Crippen LogP contribution in [0.3, 0.4) is 0 Å². The zero-order chi connectivity index (χ0) is 30.6. The number of hydrogen-bond donors (Lipinski definition) is 0. The van der Waals surface area contributed by atoms with Gasteiger partial charge in [0, 0.05) is 13.2 Å². The van der Waals surface area contributed by atoms with Gasteiger partial charge in [-0.3, -0.25) is 4.90 Å². The minimum atomic E-state index is 0.388. The third-order valence-electron chi connectivity index (χ3n) is 8.55. The molecule has 0 aliphatic heterocycles. The Balaban J connectivity index is 3.66. The number of hydrogen-bond acceptors (Lipinski definition) is 3. The van der Waals surface area contributed by atoms with Gasteiger partial charge in [-0.2, -0.15) is 0 Å². The van der Waals surface area contributed by atoms with Crippen LogP contribution in [0.2, 0.25) is 0 Å². The zero-order valence-corrected chi connectivity index (χ0v) is 29.4. The summed E-state index contributed by atoms with van der Waals surface area (Å²) < 4.78 is 12.3. The molecule has 0 bridgehead atoms. The lowest BCUT2D eigenvalue weighted by Crippen LogP contribution is -2.42. The molecule has 0 amide bonds. The molecule has 0 aromatic rings. The largest absolute Gasteiger partial charge is 0.380 e. The average Bonchev–Trinajstić information content (AvgIpc) is 3.00. The monoisotopic (exact) mass is 592 g/mol. The highest BCUT2D eigenvalue weighted by Gasteiger charge is 2.16. The Labute approximate surface area is 265 Å². The number of ether oxygens (including phenoxy) is 2. The Morgan fingerprint density at radius 3 is 1.05 bits per heavy atom. The summed E-state index contributed by atoms with van der Waals surface area (Å²) in [6, 6.07) is 0.388. The van der Waals surface area contributed by atoms with Crippen molar-refractivity contribution in [2.75, 3.05) is 39.5 Å². The molecule has 42 heavy (non-hydrogen) atoms. The maximum Gasteiger partial charge on any atom is 0.0644 e. The van der Waals surface area contributed by atoms with Crippen LogP contribution in [0.4, 0.5) is 0 Å². The molecule has 3 nitrogen and oxygen atoms in total. The van der Waals surface area contributed by atoms with E-state index in [4.69, 9.17) is 9.47 Å². The second-order valence-electron chi connectivity index (χ2n) is 12.5. The van der Waals surface area contributed by atoms with Crippen LogP contribution in [0.25, 0.3) is 0 Å². The standard InChI is InChI=1S/C39H77NO2/c1-5-9-11-13-15-17-19-21-23-25-27-29-31-33-35-41-37-39(40(7-3)8-4)38-42-36-34-32-30-28-26-24-22-20-18-16-14-12-10-6-2/h17-20,39H,5-16,21-38H2,1-4H3/b19-17-,20-18-. The van der Waals surface area contributed by atoms with Crippen molar-refractivity contribution >= 4 is 0 Å². The van der Waals surface area contributed by atoms with E-state index in [1.54, 1.807) is 0 Å². The van der Waals surface area contributed by atoms with Gasteiger partial charge in [-0.15, -0.1) is 0 Å². The van der Waals surface area contributed by atoms with Gasteiger partial charge in [0.05, 0.1) is 19.3 Å². The first kappa shape index (κ1) is 41.4. The molecule has 0 heterocycles. The predicted molar refractivity (Wildman–Crippen MR) is 189 cm³/mol. The van der Waals surface area contributed by atoms with Crippen LogP contribution in [0.15, 0.2) is 24.3 Å². The first-order valence-corrected chi connectivity index (χ1v) is 19.0. The number of allylic oxidation sites excluding steroid dienone is 4. The van der Waals surface area contributed by atoms with E-state index in [0.29, 0.717) is 6.04 Å². The van der Waals surface area contributed by atoms with Gasteiger partial charge in [-0.05, 0) is 77.3 Å². The van der Waals surface area contributed by atoms with Gasteiger partial charge in [-0.25, -0.2) is 0 Å². The molecule has 0 radical (unpaired) electrons. The summed E-state index contributed by atoms with van der Waals surface area (Å²) in [4.78, 5) is 2.50. The van der Waals surface area contributed by atoms with Gasteiger partial charge in [0.15, 0.2) is 0 Å². The van der Waals surface area contributed by atoms with Gasteiger partial charge in [0.25, 0.3) is 0 Å². The molecule has 0 unspecified atom stereocenters. The van der Waals surface area contributed by atoms with Gasteiger partial charge in [0.2, 0.25) is 0 Å². The van der Waals surface area contributed by atoms with Crippen molar-refractivity contribution in [2.24, 2.45) is 0 Å². The molecule has 0 aliphatic carbocycles. The SMILES string of the molecule is CCCCCC/C=C\CCCCCCCCOCC(COCCCCCCCC/C=C\CCCCCC)N(CC)CC. The molecule has 0 aromatic carbocycles. The highest BCUT2D eigenvalue weighted by atomic mass is 16.5. The summed E-state index contributed by atoms with van der Waals surface area (Å²) in [5, 5.41) is 0. The summed E-state index contributed by atoms with van der Waals surface area (Å²) in [6.45, 7) is 14.6. The van der Waals surface area contributed by atoms with E-state index < -0.39 is 0 Å². The fraction of sp³-hybridized carbons (Fsp3) is 0.897. The normalized spacial score (nSPS) is 12.2. The van der Waals surface area contributed by atoms with Gasteiger partial charge < -0.3 is 9.47 Å². The van der Waals surface area contributed by atoms with Gasteiger partial charge in [-0.1, -0.05) is 142 Å². The molecule has 0 saturated heterocycles. The van der Waals surface area contributed by atoms with Crippen molar-refractivity contribution in [3.05, 3.63) is 24.3 Å². The van der Waals surface area contributed by atoms with E-state index in [1.165, 1.54) is 154 Å². The summed E-state index contributed by atoms with van der Waals surface area (Å²) in [7, 11) is 0. The summed E-state index contributed by atoms with van der Waals surface area (Å²) >= 11 is 0. The fourth-order valence-electron chi connectivity index (χ4n) is 5.63. The van der Waals surface area contributed by atoms with Crippen LogP contribution >= 0.6 is 0 Å². The molecule has 0 atom stereocenters. The summed E-state index contributed by atoms with van der Waals surface area (Å²) in [5.74, 6) is 0. The lowest BCUT2D eigenvalue weighted by Gasteiger charge is -2.29. The lowest BCUT2D eigenvalue weighted by atomic mass is 10.1. The van der Waals surface area contributed by atoms with Crippen LogP contribution < -0.4 is 0 Å². The van der Waals surface area contributed by atoms with Crippen LogP contribution in [-0.4, -0.2) is 50.5 Å². The highest BCUT2D eigenvalue weighted by Crippen LogP contribution is 2.11. The molecule has 3 heteroatoms. The second-order valence-corrected chi connectivity index (χ2v) is 12.5. The van der Waals surface area contributed by atoms with E-state index in [2.05, 4.69) is 56.9 Å². The minimum absolute atomic E-state index is 0.388. The Hall–Kier alpha value is -0.640. The third kappa shape index (κ3) is 30.8. The number of nitrogens with zero attached hydrogens (tertiary/aromatic N) is 1. The van der Waals surface area contributed by atoms with Gasteiger partial charge >= 0.3 is 0 Å². The second kappa shape index (κ2) is 36.6. The topological polar surface area (TPSA) is 21.7 Å². The van der Waals surface area contributed by atoms with Crippen LogP contribution in [0.1, 0.15) is 182 Å². The van der Waals surface area contributed by atoms with Crippen molar-refractivity contribution < 1.29 is 9.47 Å². The van der Waals surface area contributed by atoms with Crippen molar-refractivity contribution in [3.63, 3.8) is 0 Å². The number of likely N-dealkylation sites (N-methyl/N-ethyl adjacent to an activating group) is 1. The smallest absolute Gasteiger partial charge is 0.0644 e. The maximum atomic E-state index is 6.13. The molecule has 0 aliphatic rings. The zero-order valence-electron chi connectivity index (χ0n) is 29.4. The van der Waals surface area contributed by atoms with Gasteiger partial charge in [0.1, 0.15) is 0 Å². The van der Waals surface area contributed by atoms with Crippen LogP contribution in [0, 0.1) is 0 Å². The van der Waals surface area contributed by atoms with E-state index >= 15 is 0 Å². The molecular formula is C39H77NO2. The molecule has 0 spiro atoms. The fourth-order valence-corrected chi connectivity index (χ4v) is 5.63.